The minimum atomic E-state index is -0.196. The minimum Gasteiger partial charge on any atom is -0.370 e. The molecule has 3 N–H and O–H groups in total. The van der Waals surface area contributed by atoms with Crippen LogP contribution in [0.1, 0.15) is 29.5 Å². The summed E-state index contributed by atoms with van der Waals surface area (Å²) in [6, 6.07) is 3.23. The van der Waals surface area contributed by atoms with Crippen molar-refractivity contribution in [3.8, 4) is 0 Å². The van der Waals surface area contributed by atoms with E-state index >= 15 is 0 Å². The quantitative estimate of drug-likeness (QED) is 0.676. The highest BCUT2D eigenvalue weighted by molar-refractivity contribution is 6.29. The van der Waals surface area contributed by atoms with Crippen molar-refractivity contribution in [1.82, 2.24) is 25.5 Å². The highest BCUT2D eigenvalue weighted by Gasteiger charge is 2.09. The van der Waals surface area contributed by atoms with Crippen LogP contribution in [0.4, 0.5) is 5.82 Å². The van der Waals surface area contributed by atoms with Crippen LogP contribution in [-0.4, -0.2) is 39.2 Å². The number of amides is 1. The molecule has 7 nitrogen and oxygen atoms in total. The molecule has 2 aromatic heterocycles. The Morgan fingerprint density at radius 3 is 2.95 bits per heavy atom. The van der Waals surface area contributed by atoms with E-state index < -0.39 is 0 Å². The molecule has 21 heavy (non-hydrogen) atoms. The Balaban J connectivity index is 1.93. The summed E-state index contributed by atoms with van der Waals surface area (Å²) in [5.41, 5.74) is 0.478. The van der Waals surface area contributed by atoms with E-state index in [-0.39, 0.29) is 11.1 Å². The summed E-state index contributed by atoms with van der Waals surface area (Å²) >= 11 is 5.93. The van der Waals surface area contributed by atoms with Crippen molar-refractivity contribution in [2.75, 3.05) is 18.4 Å². The molecule has 0 fully saturated rings. The van der Waals surface area contributed by atoms with Crippen molar-refractivity contribution in [2.45, 2.75) is 19.8 Å². The number of rotatable bonds is 7. The number of halogens is 1. The predicted octanol–water partition coefficient (Wildman–Crippen LogP) is 1.65. The van der Waals surface area contributed by atoms with Gasteiger partial charge in [-0.2, -0.15) is 5.10 Å². The summed E-state index contributed by atoms with van der Waals surface area (Å²) in [4.78, 5) is 20.2. The van der Waals surface area contributed by atoms with Gasteiger partial charge < -0.3 is 10.6 Å². The average molecular weight is 309 g/mol. The summed E-state index contributed by atoms with van der Waals surface area (Å²) < 4.78 is 0. The summed E-state index contributed by atoms with van der Waals surface area (Å²) in [7, 11) is 0. The zero-order chi connectivity index (χ0) is 15.1. The van der Waals surface area contributed by atoms with Crippen LogP contribution in [0.15, 0.2) is 18.5 Å². The second kappa shape index (κ2) is 7.58. The fourth-order valence-corrected chi connectivity index (χ4v) is 1.93. The first-order chi connectivity index (χ1) is 10.2. The number of pyridine rings is 1. The molecule has 0 radical (unpaired) electrons. The topological polar surface area (TPSA) is 95.6 Å². The number of nitrogens with one attached hydrogen (secondary N) is 3. The van der Waals surface area contributed by atoms with Gasteiger partial charge in [-0.1, -0.05) is 18.5 Å². The van der Waals surface area contributed by atoms with Crippen molar-refractivity contribution in [3.63, 3.8) is 0 Å². The first-order valence-corrected chi connectivity index (χ1v) is 7.10. The monoisotopic (exact) mass is 308 g/mol. The molecule has 0 bridgehead atoms. The standard InChI is InChI=1S/C13H17ClN6O/c1-2-4-15-12-7-9(6-10(14)19-12)13(21)16-5-3-11-17-8-18-20-11/h6-8H,2-5H2,1H3,(H,15,19)(H,16,21)(H,17,18,20). The van der Waals surface area contributed by atoms with Crippen LogP contribution in [0.25, 0.3) is 0 Å². The molecule has 0 aliphatic heterocycles. The summed E-state index contributed by atoms with van der Waals surface area (Å²) in [5, 5.41) is 12.7. The van der Waals surface area contributed by atoms with Crippen molar-refractivity contribution in [2.24, 2.45) is 0 Å². The van der Waals surface area contributed by atoms with Crippen LogP contribution in [-0.2, 0) is 6.42 Å². The molecule has 0 saturated carbocycles. The van der Waals surface area contributed by atoms with Crippen LogP contribution >= 0.6 is 11.6 Å². The van der Waals surface area contributed by atoms with Crippen molar-refractivity contribution in [3.05, 3.63) is 35.0 Å². The maximum absolute atomic E-state index is 12.1. The fourth-order valence-electron chi connectivity index (χ4n) is 1.72. The Hall–Kier alpha value is -2.15. The number of nitrogens with zero attached hydrogens (tertiary/aromatic N) is 3. The van der Waals surface area contributed by atoms with E-state index in [9.17, 15) is 4.79 Å². The van der Waals surface area contributed by atoms with Crippen LogP contribution in [0.3, 0.4) is 0 Å². The zero-order valence-corrected chi connectivity index (χ0v) is 12.4. The average Bonchev–Trinajstić information content (AvgIpc) is 2.97. The molecule has 8 heteroatoms. The second-order valence-electron chi connectivity index (χ2n) is 4.43. The summed E-state index contributed by atoms with van der Waals surface area (Å²) in [6.45, 7) is 3.29. The Labute approximate surface area is 127 Å². The Bertz CT molecular complexity index is 586. The van der Waals surface area contributed by atoms with Gasteiger partial charge in [-0.25, -0.2) is 9.97 Å². The number of anilines is 1. The lowest BCUT2D eigenvalue weighted by atomic mass is 10.2. The molecule has 0 spiro atoms. The number of H-pyrrole nitrogens is 1. The van der Waals surface area contributed by atoms with Gasteiger partial charge in [0.05, 0.1) is 0 Å². The number of carbonyl (C=O) groups is 1. The molecule has 1 amide bonds. The molecule has 0 atom stereocenters. The van der Waals surface area contributed by atoms with E-state index in [1.165, 1.54) is 6.33 Å². The fraction of sp³-hybridized carbons (Fsp3) is 0.385. The van der Waals surface area contributed by atoms with E-state index in [4.69, 9.17) is 11.6 Å². The number of aromatic amines is 1. The Morgan fingerprint density at radius 1 is 1.38 bits per heavy atom. The number of carbonyl (C=O) groups excluding carboxylic acids is 1. The third kappa shape index (κ3) is 4.71. The maximum atomic E-state index is 12.1. The molecule has 0 aromatic carbocycles. The largest absolute Gasteiger partial charge is 0.370 e. The number of hydrogen-bond donors (Lipinski definition) is 3. The number of aromatic nitrogens is 4. The van der Waals surface area contributed by atoms with Gasteiger partial charge in [-0.15, -0.1) is 0 Å². The van der Waals surface area contributed by atoms with E-state index in [1.54, 1.807) is 12.1 Å². The Kier molecular flexibility index (Phi) is 5.51. The summed E-state index contributed by atoms with van der Waals surface area (Å²) in [6.07, 6.45) is 2.99. The minimum absolute atomic E-state index is 0.196. The lowest BCUT2D eigenvalue weighted by Gasteiger charge is -2.08. The highest BCUT2D eigenvalue weighted by Crippen LogP contribution is 2.14. The van der Waals surface area contributed by atoms with Crippen LogP contribution < -0.4 is 10.6 Å². The normalized spacial score (nSPS) is 10.4. The third-order valence-corrected chi connectivity index (χ3v) is 2.92. The van der Waals surface area contributed by atoms with Gasteiger partial charge in [0.2, 0.25) is 0 Å². The molecule has 2 aromatic rings. The molecule has 0 aliphatic rings. The first kappa shape index (κ1) is 15.2. The van der Waals surface area contributed by atoms with Crippen molar-refractivity contribution in [1.29, 1.82) is 0 Å². The third-order valence-electron chi connectivity index (χ3n) is 2.72. The van der Waals surface area contributed by atoms with E-state index in [0.717, 1.165) is 18.8 Å². The van der Waals surface area contributed by atoms with Crippen LogP contribution in [0.2, 0.25) is 5.15 Å². The lowest BCUT2D eigenvalue weighted by Crippen LogP contribution is -2.26. The van der Waals surface area contributed by atoms with Gasteiger partial charge in [0.15, 0.2) is 0 Å². The molecule has 0 aliphatic carbocycles. The Morgan fingerprint density at radius 2 is 2.24 bits per heavy atom. The number of hydrogen-bond acceptors (Lipinski definition) is 5. The van der Waals surface area contributed by atoms with Crippen LogP contribution in [0.5, 0.6) is 0 Å². The van der Waals surface area contributed by atoms with Crippen molar-refractivity contribution >= 4 is 23.3 Å². The van der Waals surface area contributed by atoms with Gasteiger partial charge in [0.1, 0.15) is 23.1 Å². The highest BCUT2D eigenvalue weighted by atomic mass is 35.5. The van der Waals surface area contributed by atoms with E-state index in [0.29, 0.717) is 24.3 Å². The molecule has 2 rings (SSSR count). The molecule has 2 heterocycles. The lowest BCUT2D eigenvalue weighted by molar-refractivity contribution is 0.0954. The molecule has 0 unspecified atom stereocenters. The van der Waals surface area contributed by atoms with Gasteiger partial charge in [-0.05, 0) is 18.6 Å². The zero-order valence-electron chi connectivity index (χ0n) is 11.7. The molecular formula is C13H17ClN6O. The maximum Gasteiger partial charge on any atom is 0.251 e. The van der Waals surface area contributed by atoms with E-state index in [2.05, 4.69) is 37.7 Å². The van der Waals surface area contributed by atoms with Crippen LogP contribution in [0, 0.1) is 0 Å². The first-order valence-electron chi connectivity index (χ1n) is 6.73. The summed E-state index contributed by atoms with van der Waals surface area (Å²) in [5.74, 6) is 1.14. The molecular weight excluding hydrogens is 292 g/mol. The van der Waals surface area contributed by atoms with Gasteiger partial charge in [0, 0.05) is 25.1 Å². The molecule has 0 saturated heterocycles. The van der Waals surface area contributed by atoms with Gasteiger partial charge in [-0.3, -0.25) is 9.89 Å². The van der Waals surface area contributed by atoms with Gasteiger partial charge in [0.25, 0.3) is 5.91 Å². The SMILES string of the molecule is CCCNc1cc(C(=O)NCCc2ncn[nH]2)cc(Cl)n1. The van der Waals surface area contributed by atoms with E-state index in [1.807, 2.05) is 0 Å². The smallest absolute Gasteiger partial charge is 0.251 e. The molecule has 112 valence electrons. The van der Waals surface area contributed by atoms with Gasteiger partial charge >= 0.3 is 0 Å². The predicted molar refractivity (Wildman–Crippen MR) is 80.4 cm³/mol. The van der Waals surface area contributed by atoms with Crippen molar-refractivity contribution < 1.29 is 4.79 Å². The second-order valence-corrected chi connectivity index (χ2v) is 4.82.